The number of carbonyl (C=O) groups is 2. The number of amides is 1. The Hall–Kier alpha value is -2.92. The van der Waals surface area contributed by atoms with Gasteiger partial charge in [-0.05, 0) is 24.1 Å². The van der Waals surface area contributed by atoms with Crippen molar-refractivity contribution in [1.82, 2.24) is 0 Å². The van der Waals surface area contributed by atoms with E-state index in [0.717, 1.165) is 30.0 Å². The average Bonchev–Trinajstić information content (AvgIpc) is 2.58. The van der Waals surface area contributed by atoms with E-state index in [1.165, 1.54) is 0 Å². The van der Waals surface area contributed by atoms with Gasteiger partial charge in [0.2, 0.25) is 0 Å². The zero-order valence-corrected chi connectivity index (χ0v) is 16.3. The highest BCUT2D eigenvalue weighted by atomic mass is 32.2. The minimum Gasteiger partial charge on any atom is -0.425 e. The van der Waals surface area contributed by atoms with Crippen LogP contribution in [-0.2, 0) is 35.4 Å². The van der Waals surface area contributed by atoms with Gasteiger partial charge in [-0.15, -0.1) is 0 Å². The van der Waals surface area contributed by atoms with E-state index >= 15 is 0 Å². The monoisotopic (exact) mass is 427 g/mol. The molecule has 0 aliphatic rings. The van der Waals surface area contributed by atoms with Crippen LogP contribution in [0.5, 0.6) is 5.75 Å². The summed E-state index contributed by atoms with van der Waals surface area (Å²) in [5.41, 5.74) is 5.58. The SMILES string of the molecule is CS(=O)(=O)c1c(OC(=O)CCc2ccccc2)cccc1S(=O)(=O)OC(N)=O. The summed E-state index contributed by atoms with van der Waals surface area (Å²) < 4.78 is 57.7. The first-order chi connectivity index (χ1) is 13.0. The minimum absolute atomic E-state index is 0.0675. The highest BCUT2D eigenvalue weighted by molar-refractivity contribution is 7.92. The van der Waals surface area contributed by atoms with Crippen molar-refractivity contribution in [2.24, 2.45) is 5.73 Å². The predicted octanol–water partition coefficient (Wildman–Crippen LogP) is 1.41. The molecule has 0 radical (unpaired) electrons. The third-order valence-corrected chi connectivity index (χ3v) is 6.01. The smallest absolute Gasteiger partial charge is 0.420 e. The second kappa shape index (κ2) is 8.40. The molecule has 0 unspecified atom stereocenters. The molecule has 2 aromatic carbocycles. The van der Waals surface area contributed by atoms with Crippen LogP contribution < -0.4 is 10.5 Å². The van der Waals surface area contributed by atoms with Crippen LogP contribution in [0.2, 0.25) is 0 Å². The maximum Gasteiger partial charge on any atom is 0.420 e. The molecule has 150 valence electrons. The summed E-state index contributed by atoms with van der Waals surface area (Å²) >= 11 is 0. The lowest BCUT2D eigenvalue weighted by Gasteiger charge is -2.13. The molecule has 2 rings (SSSR count). The first-order valence-corrected chi connectivity index (χ1v) is 11.1. The predicted molar refractivity (Wildman–Crippen MR) is 97.8 cm³/mol. The minimum atomic E-state index is -4.83. The Kier molecular flexibility index (Phi) is 6.41. The molecule has 0 bridgehead atoms. The van der Waals surface area contributed by atoms with E-state index in [-0.39, 0.29) is 6.42 Å². The molecular weight excluding hydrogens is 410 g/mol. The van der Waals surface area contributed by atoms with Gasteiger partial charge in [-0.2, -0.15) is 8.42 Å². The Labute approximate surface area is 162 Å². The lowest BCUT2D eigenvalue weighted by molar-refractivity contribution is -0.134. The molecule has 1 amide bonds. The number of esters is 1. The van der Waals surface area contributed by atoms with Crippen LogP contribution in [0.25, 0.3) is 0 Å². The van der Waals surface area contributed by atoms with Gasteiger partial charge >= 0.3 is 22.2 Å². The number of hydrogen-bond donors (Lipinski definition) is 1. The highest BCUT2D eigenvalue weighted by Crippen LogP contribution is 2.32. The normalized spacial score (nSPS) is 11.6. The lowest BCUT2D eigenvalue weighted by Crippen LogP contribution is -2.21. The molecule has 0 heterocycles. The Balaban J connectivity index is 2.35. The average molecular weight is 427 g/mol. The van der Waals surface area contributed by atoms with E-state index in [4.69, 9.17) is 10.5 Å². The van der Waals surface area contributed by atoms with Gasteiger partial charge in [0.1, 0.15) is 9.79 Å². The summed E-state index contributed by atoms with van der Waals surface area (Å²) in [6.45, 7) is 0. The van der Waals surface area contributed by atoms with E-state index in [1.807, 2.05) is 18.2 Å². The number of ether oxygens (including phenoxy) is 1. The summed E-state index contributed by atoms with van der Waals surface area (Å²) in [5, 5.41) is 0. The first-order valence-electron chi connectivity index (χ1n) is 7.82. The second-order valence-corrected chi connectivity index (χ2v) is 9.14. The van der Waals surface area contributed by atoms with Gasteiger partial charge in [0.25, 0.3) is 0 Å². The number of nitrogens with two attached hydrogens (primary N) is 1. The fourth-order valence-electron chi connectivity index (χ4n) is 2.36. The Bertz CT molecular complexity index is 1090. The van der Waals surface area contributed by atoms with E-state index in [1.54, 1.807) is 12.1 Å². The highest BCUT2D eigenvalue weighted by Gasteiger charge is 2.31. The number of primary amides is 1. The Morgan fingerprint density at radius 2 is 1.61 bits per heavy atom. The maximum absolute atomic E-state index is 12.1. The molecule has 0 atom stereocenters. The van der Waals surface area contributed by atoms with Crippen molar-refractivity contribution in [3.05, 3.63) is 54.1 Å². The van der Waals surface area contributed by atoms with E-state index in [9.17, 15) is 26.4 Å². The van der Waals surface area contributed by atoms with Crippen molar-refractivity contribution in [2.45, 2.75) is 22.6 Å². The number of hydrogen-bond acceptors (Lipinski definition) is 8. The van der Waals surface area contributed by atoms with Crippen LogP contribution in [0, 0.1) is 0 Å². The molecule has 28 heavy (non-hydrogen) atoms. The zero-order chi connectivity index (χ0) is 20.9. The van der Waals surface area contributed by atoms with E-state index in [2.05, 4.69) is 4.18 Å². The Morgan fingerprint density at radius 3 is 2.18 bits per heavy atom. The van der Waals surface area contributed by atoms with Crippen LogP contribution in [0.15, 0.2) is 58.3 Å². The van der Waals surface area contributed by atoms with Gasteiger partial charge in [0.05, 0.1) is 0 Å². The van der Waals surface area contributed by atoms with E-state index < -0.39 is 47.6 Å². The third-order valence-electron chi connectivity index (χ3n) is 3.46. The molecule has 2 N–H and O–H groups in total. The van der Waals surface area contributed by atoms with E-state index in [0.29, 0.717) is 6.42 Å². The van der Waals surface area contributed by atoms with Gasteiger partial charge in [-0.1, -0.05) is 36.4 Å². The molecule has 0 aliphatic heterocycles. The molecule has 0 saturated carbocycles. The number of benzene rings is 2. The van der Waals surface area contributed by atoms with Crippen molar-refractivity contribution in [2.75, 3.05) is 6.26 Å². The van der Waals surface area contributed by atoms with Crippen LogP contribution >= 0.6 is 0 Å². The third kappa shape index (κ3) is 5.54. The molecule has 0 aromatic heterocycles. The molecule has 0 saturated heterocycles. The quantitative estimate of drug-likeness (QED) is 0.396. The largest absolute Gasteiger partial charge is 0.425 e. The van der Waals surface area contributed by atoms with Gasteiger partial charge in [-0.25, -0.2) is 13.2 Å². The van der Waals surface area contributed by atoms with Crippen molar-refractivity contribution in [3.63, 3.8) is 0 Å². The zero-order valence-electron chi connectivity index (χ0n) is 14.7. The molecule has 9 nitrogen and oxygen atoms in total. The van der Waals surface area contributed by atoms with Crippen LogP contribution in [0.1, 0.15) is 12.0 Å². The fraction of sp³-hybridized carbons (Fsp3) is 0.176. The summed E-state index contributed by atoms with van der Waals surface area (Å²) in [6.07, 6.45) is -0.629. The van der Waals surface area contributed by atoms with Gasteiger partial charge in [0.15, 0.2) is 15.6 Å². The molecular formula is C17H17NO8S2. The number of carbonyl (C=O) groups excluding carboxylic acids is 2. The van der Waals surface area contributed by atoms with Crippen LogP contribution in [-0.4, -0.2) is 35.2 Å². The number of rotatable bonds is 7. The molecule has 0 spiro atoms. The summed E-state index contributed by atoms with van der Waals surface area (Å²) in [5.74, 6) is -1.26. The maximum atomic E-state index is 12.1. The van der Waals surface area contributed by atoms with Gasteiger partial charge in [-0.3, -0.25) is 4.79 Å². The molecule has 11 heteroatoms. The van der Waals surface area contributed by atoms with Gasteiger partial charge < -0.3 is 14.7 Å². The van der Waals surface area contributed by atoms with Crippen molar-refractivity contribution in [3.8, 4) is 5.75 Å². The molecule has 2 aromatic rings. The summed E-state index contributed by atoms with van der Waals surface area (Å²) in [4.78, 5) is 21.3. The van der Waals surface area contributed by atoms with Crippen molar-refractivity contribution >= 4 is 32.0 Å². The van der Waals surface area contributed by atoms with Crippen LogP contribution in [0.4, 0.5) is 4.79 Å². The van der Waals surface area contributed by atoms with Crippen molar-refractivity contribution < 1.29 is 35.3 Å². The standard InChI is InChI=1S/C17H17NO8S2/c1-27(21,22)16-13(8-5-9-14(16)28(23,24)26-17(18)20)25-15(19)11-10-12-6-3-2-4-7-12/h2-9H,10-11H2,1H3,(H2,18,20). The number of aryl methyl sites for hydroxylation is 1. The van der Waals surface area contributed by atoms with Gasteiger partial charge in [0, 0.05) is 12.7 Å². The number of sulfone groups is 1. The lowest BCUT2D eigenvalue weighted by atomic mass is 10.1. The Morgan fingerprint density at radius 1 is 0.964 bits per heavy atom. The fourth-order valence-corrected chi connectivity index (χ4v) is 4.90. The van der Waals surface area contributed by atoms with Crippen LogP contribution in [0.3, 0.4) is 0 Å². The first kappa shape index (κ1) is 21.4. The molecule has 0 fully saturated rings. The second-order valence-electron chi connectivity index (χ2n) is 5.67. The molecule has 0 aliphatic carbocycles. The van der Waals surface area contributed by atoms with Crippen molar-refractivity contribution in [1.29, 1.82) is 0 Å². The topological polar surface area (TPSA) is 147 Å². The summed E-state index contributed by atoms with van der Waals surface area (Å²) in [7, 11) is -9.02. The summed E-state index contributed by atoms with van der Waals surface area (Å²) in [6, 6.07) is 12.2.